The van der Waals surface area contributed by atoms with Crippen LogP contribution in [0.2, 0.25) is 0 Å². The van der Waals surface area contributed by atoms with E-state index in [1.165, 1.54) is 23.9 Å². The van der Waals surface area contributed by atoms with Crippen LogP contribution < -0.4 is 14.8 Å². The van der Waals surface area contributed by atoms with E-state index in [1.54, 1.807) is 19.2 Å². The van der Waals surface area contributed by atoms with Gasteiger partial charge in [0.1, 0.15) is 22.7 Å². The van der Waals surface area contributed by atoms with E-state index < -0.39 is 23.9 Å². The molecule has 1 heterocycles. The van der Waals surface area contributed by atoms with Crippen LogP contribution in [-0.2, 0) is 7.05 Å². The number of hydrogen-bond donors (Lipinski definition) is 1. The summed E-state index contributed by atoms with van der Waals surface area (Å²) in [6.07, 6.45) is 0.656. The molecule has 3 aromatic rings. The Labute approximate surface area is 195 Å². The molecule has 11 heteroatoms. The SMILES string of the molecule is COc1cc(-c2c3c(C#N)cc(Br)cc3nn2C)cc(OC(F)F)c1C(=O)NCC1(F)CC1. The largest absolute Gasteiger partial charge is 0.496 e. The number of aryl methyl sites for hydroxylation is 1. The van der Waals surface area contributed by atoms with E-state index in [9.17, 15) is 23.2 Å². The van der Waals surface area contributed by atoms with Crippen LogP contribution in [0.4, 0.5) is 13.2 Å². The number of ether oxygens (including phenoxy) is 2. The van der Waals surface area contributed by atoms with Gasteiger partial charge in [-0.1, -0.05) is 15.9 Å². The van der Waals surface area contributed by atoms with Crippen molar-refractivity contribution in [1.29, 1.82) is 5.26 Å². The third-order valence-corrected chi connectivity index (χ3v) is 5.84. The molecule has 172 valence electrons. The fraction of sp³-hybridized carbons (Fsp3) is 0.318. The average Bonchev–Trinajstić information content (AvgIpc) is 3.40. The highest BCUT2D eigenvalue weighted by Crippen LogP contribution is 2.41. The van der Waals surface area contributed by atoms with Crippen LogP contribution in [0.1, 0.15) is 28.8 Å². The van der Waals surface area contributed by atoms with Crippen LogP contribution >= 0.6 is 15.9 Å². The molecule has 33 heavy (non-hydrogen) atoms. The zero-order valence-electron chi connectivity index (χ0n) is 17.6. The van der Waals surface area contributed by atoms with Gasteiger partial charge < -0.3 is 14.8 Å². The van der Waals surface area contributed by atoms with Crippen LogP contribution in [0.3, 0.4) is 0 Å². The summed E-state index contributed by atoms with van der Waals surface area (Å²) in [6.45, 7) is -3.46. The first-order valence-electron chi connectivity index (χ1n) is 9.86. The Morgan fingerprint density at radius 1 is 1.33 bits per heavy atom. The lowest BCUT2D eigenvalue weighted by Crippen LogP contribution is -2.31. The molecule has 1 aromatic heterocycles. The van der Waals surface area contributed by atoms with E-state index in [4.69, 9.17) is 4.74 Å². The lowest BCUT2D eigenvalue weighted by molar-refractivity contribution is -0.0502. The fourth-order valence-electron chi connectivity index (χ4n) is 3.65. The van der Waals surface area contributed by atoms with Gasteiger partial charge in [-0.05, 0) is 37.1 Å². The van der Waals surface area contributed by atoms with Crippen molar-refractivity contribution in [3.63, 3.8) is 0 Å². The number of aromatic nitrogens is 2. The lowest BCUT2D eigenvalue weighted by Gasteiger charge is -2.17. The molecule has 0 unspecified atom stereocenters. The molecule has 1 saturated carbocycles. The number of amides is 1. The number of benzene rings is 2. The van der Waals surface area contributed by atoms with Crippen molar-refractivity contribution in [3.05, 3.63) is 39.9 Å². The van der Waals surface area contributed by atoms with Crippen molar-refractivity contribution in [2.75, 3.05) is 13.7 Å². The summed E-state index contributed by atoms with van der Waals surface area (Å²) in [6, 6.07) is 8.17. The first-order chi connectivity index (χ1) is 15.7. The molecule has 0 radical (unpaired) electrons. The van der Waals surface area contributed by atoms with Crippen LogP contribution in [0, 0.1) is 11.3 Å². The van der Waals surface area contributed by atoms with Crippen molar-refractivity contribution in [1.82, 2.24) is 15.1 Å². The molecule has 1 N–H and O–H groups in total. The molecule has 1 aliphatic carbocycles. The van der Waals surface area contributed by atoms with Gasteiger partial charge in [0.2, 0.25) is 0 Å². The van der Waals surface area contributed by atoms with Gasteiger partial charge in [-0.2, -0.15) is 19.1 Å². The molecule has 2 aromatic carbocycles. The quantitative estimate of drug-likeness (QED) is 0.485. The first-order valence-corrected chi connectivity index (χ1v) is 10.7. The highest BCUT2D eigenvalue weighted by atomic mass is 79.9. The maximum Gasteiger partial charge on any atom is 0.387 e. The number of carbonyl (C=O) groups is 1. The Morgan fingerprint density at radius 2 is 2.03 bits per heavy atom. The van der Waals surface area contributed by atoms with Crippen molar-refractivity contribution in [2.45, 2.75) is 25.1 Å². The van der Waals surface area contributed by atoms with Crippen molar-refractivity contribution < 1.29 is 27.4 Å². The minimum absolute atomic E-state index is 0.0469. The van der Waals surface area contributed by atoms with Gasteiger partial charge in [0, 0.05) is 22.5 Å². The maximum absolute atomic E-state index is 14.0. The van der Waals surface area contributed by atoms with Gasteiger partial charge in [-0.15, -0.1) is 0 Å². The van der Waals surface area contributed by atoms with E-state index in [2.05, 4.69) is 37.2 Å². The van der Waals surface area contributed by atoms with E-state index in [0.29, 0.717) is 45.0 Å². The zero-order valence-corrected chi connectivity index (χ0v) is 19.2. The van der Waals surface area contributed by atoms with Gasteiger partial charge in [0.25, 0.3) is 5.91 Å². The minimum Gasteiger partial charge on any atom is -0.496 e. The topological polar surface area (TPSA) is 89.2 Å². The second kappa shape index (κ2) is 8.59. The molecular weight excluding hydrogens is 505 g/mol. The number of rotatable bonds is 7. The standard InChI is InChI=1S/C22H18BrF3N4O3/c1-30-19(17-12(9-27)5-13(23)8-14(17)29-30)11-6-15(32-2)18(16(7-11)33-21(24)25)20(31)28-10-22(26)3-4-22/h5-8,21H,3-4,10H2,1-2H3,(H,28,31). The Bertz CT molecular complexity index is 1300. The molecule has 0 spiro atoms. The number of nitriles is 1. The van der Waals surface area contributed by atoms with Crippen LogP contribution in [0.25, 0.3) is 22.2 Å². The molecule has 0 saturated heterocycles. The Hall–Kier alpha value is -3.26. The van der Waals surface area contributed by atoms with Crippen molar-refractivity contribution in [3.8, 4) is 28.8 Å². The summed E-state index contributed by atoms with van der Waals surface area (Å²) in [5.74, 6) is -1.28. The smallest absolute Gasteiger partial charge is 0.387 e. The number of fused-ring (bicyclic) bond motifs is 1. The molecular formula is C22H18BrF3N4O3. The molecule has 0 aliphatic heterocycles. The third kappa shape index (κ3) is 4.48. The molecule has 1 fully saturated rings. The normalized spacial score (nSPS) is 14.2. The maximum atomic E-state index is 14.0. The van der Waals surface area contributed by atoms with Gasteiger partial charge in [0.05, 0.1) is 36.5 Å². The molecule has 1 amide bonds. The van der Waals surface area contributed by atoms with Crippen molar-refractivity contribution >= 4 is 32.7 Å². The summed E-state index contributed by atoms with van der Waals surface area (Å²) < 4.78 is 52.6. The predicted octanol–water partition coefficient (Wildman–Crippen LogP) is 4.72. The molecule has 0 bridgehead atoms. The third-order valence-electron chi connectivity index (χ3n) is 5.38. The van der Waals surface area contributed by atoms with E-state index in [1.807, 2.05) is 0 Å². The Morgan fingerprint density at radius 3 is 2.64 bits per heavy atom. The van der Waals surface area contributed by atoms with E-state index in [-0.39, 0.29) is 17.9 Å². The zero-order chi connectivity index (χ0) is 23.9. The summed E-state index contributed by atoms with van der Waals surface area (Å²) in [5, 5.41) is 17.0. The summed E-state index contributed by atoms with van der Waals surface area (Å²) in [7, 11) is 2.92. The average molecular weight is 523 g/mol. The predicted molar refractivity (Wildman–Crippen MR) is 117 cm³/mol. The molecule has 7 nitrogen and oxygen atoms in total. The number of halogens is 4. The monoisotopic (exact) mass is 522 g/mol. The number of hydrogen-bond acceptors (Lipinski definition) is 5. The van der Waals surface area contributed by atoms with Gasteiger partial charge in [0.15, 0.2) is 0 Å². The molecule has 0 atom stereocenters. The minimum atomic E-state index is -3.22. The van der Waals surface area contributed by atoms with Crippen LogP contribution in [-0.4, -0.2) is 41.6 Å². The number of nitrogens with zero attached hydrogens (tertiary/aromatic N) is 3. The van der Waals surface area contributed by atoms with Crippen LogP contribution in [0.5, 0.6) is 11.5 Å². The Balaban J connectivity index is 1.88. The fourth-order valence-corrected chi connectivity index (χ4v) is 4.10. The van der Waals surface area contributed by atoms with E-state index in [0.717, 1.165) is 0 Å². The molecule has 4 rings (SSSR count). The number of nitrogens with one attached hydrogen (secondary N) is 1. The van der Waals surface area contributed by atoms with Crippen molar-refractivity contribution in [2.24, 2.45) is 7.05 Å². The van der Waals surface area contributed by atoms with Gasteiger partial charge in [-0.3, -0.25) is 9.48 Å². The lowest BCUT2D eigenvalue weighted by atomic mass is 10.0. The molecule has 1 aliphatic rings. The van der Waals surface area contributed by atoms with Gasteiger partial charge >= 0.3 is 6.61 Å². The number of methoxy groups -OCH3 is 1. The van der Waals surface area contributed by atoms with Gasteiger partial charge in [-0.25, -0.2) is 4.39 Å². The summed E-state index contributed by atoms with van der Waals surface area (Å²) >= 11 is 3.34. The summed E-state index contributed by atoms with van der Waals surface area (Å²) in [5.41, 5.74) is -0.139. The second-order valence-electron chi connectivity index (χ2n) is 7.70. The second-order valence-corrected chi connectivity index (χ2v) is 8.61. The summed E-state index contributed by atoms with van der Waals surface area (Å²) in [4.78, 5) is 12.8. The Kier molecular flexibility index (Phi) is 5.97. The highest BCUT2D eigenvalue weighted by Gasteiger charge is 2.43. The van der Waals surface area contributed by atoms with Crippen LogP contribution in [0.15, 0.2) is 28.7 Å². The number of carbonyl (C=O) groups excluding carboxylic acids is 1. The highest BCUT2D eigenvalue weighted by molar-refractivity contribution is 9.10. The van der Waals surface area contributed by atoms with E-state index >= 15 is 0 Å². The number of alkyl halides is 3. The first kappa shape index (κ1) is 22.9.